The molecular formula is C4H7NaO10S2. The van der Waals surface area contributed by atoms with Crippen LogP contribution in [0.25, 0.3) is 0 Å². The molecule has 0 bridgehead atoms. The molecule has 0 radical (unpaired) electrons. The van der Waals surface area contributed by atoms with Crippen LogP contribution in [0.2, 0.25) is 0 Å². The summed E-state index contributed by atoms with van der Waals surface area (Å²) in [6, 6.07) is 0. The van der Waals surface area contributed by atoms with Crippen molar-refractivity contribution in [1.82, 2.24) is 0 Å². The van der Waals surface area contributed by atoms with Crippen LogP contribution < -0.4 is 29.6 Å². The average Bonchev–Trinajstić information content (AvgIpc) is 1.92. The fourth-order valence-corrected chi connectivity index (χ4v) is 3.04. The molecule has 0 fully saturated rings. The number of rotatable bonds is 5. The summed E-state index contributed by atoms with van der Waals surface area (Å²) < 4.78 is 58.8. The van der Waals surface area contributed by atoms with E-state index in [1.54, 1.807) is 0 Å². The molecule has 0 aromatic rings. The maximum absolute atomic E-state index is 10.5. The molecule has 0 spiro atoms. The van der Waals surface area contributed by atoms with E-state index in [-0.39, 0.29) is 31.0 Å². The fraction of sp³-hybridized carbons (Fsp3) is 0.500. The van der Waals surface area contributed by atoms with Crippen LogP contribution in [0.5, 0.6) is 0 Å². The number of carboxylic acids is 2. The van der Waals surface area contributed by atoms with Gasteiger partial charge in [0.15, 0.2) is 0 Å². The number of carbonyl (C=O) groups is 2. The predicted molar refractivity (Wildman–Crippen MR) is 47.1 cm³/mol. The van der Waals surface area contributed by atoms with Crippen LogP contribution in [0.3, 0.4) is 0 Å². The van der Waals surface area contributed by atoms with Gasteiger partial charge in [-0.25, -0.2) is 0 Å². The first-order chi connectivity index (χ1) is 6.89. The van der Waals surface area contributed by atoms with Gasteiger partial charge in [-0.1, -0.05) is 0 Å². The van der Waals surface area contributed by atoms with Crippen molar-refractivity contribution in [3.8, 4) is 0 Å². The van der Waals surface area contributed by atoms with E-state index in [2.05, 4.69) is 0 Å². The Morgan fingerprint density at radius 3 is 1.06 bits per heavy atom. The van der Waals surface area contributed by atoms with E-state index in [0.717, 1.165) is 0 Å². The van der Waals surface area contributed by atoms with Gasteiger partial charge < -0.3 is 11.6 Å². The van der Waals surface area contributed by atoms with Crippen molar-refractivity contribution in [2.24, 2.45) is 0 Å². The van der Waals surface area contributed by atoms with Gasteiger partial charge in [-0.05, 0) is 0 Å². The molecule has 10 nitrogen and oxygen atoms in total. The minimum Gasteiger partial charge on any atom is -1.00 e. The maximum atomic E-state index is 10.5. The molecule has 96 valence electrons. The largest absolute Gasteiger partial charge is 1.00 e. The molecule has 0 amide bonds. The molecule has 0 aromatic carbocycles. The van der Waals surface area contributed by atoms with Gasteiger partial charge in [-0.15, -0.1) is 0 Å². The van der Waals surface area contributed by atoms with Crippen molar-refractivity contribution >= 4 is 32.2 Å². The molecule has 2 atom stereocenters. The molecule has 0 heterocycles. The van der Waals surface area contributed by atoms with E-state index < -0.39 is 42.7 Å². The molecule has 0 saturated carbocycles. The van der Waals surface area contributed by atoms with Crippen LogP contribution in [-0.2, 0) is 29.8 Å². The zero-order valence-electron chi connectivity index (χ0n) is 9.21. The van der Waals surface area contributed by atoms with Gasteiger partial charge in [0.1, 0.15) is 0 Å². The molecule has 0 aliphatic rings. The Bertz CT molecular complexity index is 460. The zero-order chi connectivity index (χ0) is 13.3. The van der Waals surface area contributed by atoms with Gasteiger partial charge in [0.25, 0.3) is 20.2 Å². The number of hydrogen-bond donors (Lipinski definition) is 4. The summed E-state index contributed by atoms with van der Waals surface area (Å²) in [4.78, 5) is 20.7. The van der Waals surface area contributed by atoms with Crippen LogP contribution in [-0.4, -0.2) is 58.6 Å². The first-order valence-electron chi connectivity index (χ1n) is 3.27. The second kappa shape index (κ2) is 6.08. The molecule has 17 heavy (non-hydrogen) atoms. The Morgan fingerprint density at radius 2 is 1.00 bits per heavy atom. The number of carboxylic acid groups (broad SMARTS) is 2. The SMILES string of the molecule is O=C(O)C(C(C(=O)O)S(=O)(=O)O)S(=O)(=O)O.[H-].[Na+]. The average molecular weight is 302 g/mol. The van der Waals surface area contributed by atoms with E-state index in [4.69, 9.17) is 19.3 Å². The summed E-state index contributed by atoms with van der Waals surface area (Å²) >= 11 is 0. The summed E-state index contributed by atoms with van der Waals surface area (Å²) in [6.45, 7) is 0. The zero-order valence-corrected chi connectivity index (χ0v) is 11.8. The first-order valence-corrected chi connectivity index (χ1v) is 6.28. The summed E-state index contributed by atoms with van der Waals surface area (Å²) in [6.07, 6.45) is 0. The molecular weight excluding hydrogens is 295 g/mol. The second-order valence-electron chi connectivity index (χ2n) is 2.55. The minimum atomic E-state index is -5.51. The van der Waals surface area contributed by atoms with E-state index >= 15 is 0 Å². The topological polar surface area (TPSA) is 183 Å². The van der Waals surface area contributed by atoms with Crippen LogP contribution in [0.15, 0.2) is 0 Å². The van der Waals surface area contributed by atoms with Gasteiger partial charge in [-0.3, -0.25) is 18.7 Å². The van der Waals surface area contributed by atoms with Crippen LogP contribution in [0.4, 0.5) is 0 Å². The standard InChI is InChI=1S/C4H6O10S2.Na.H/c5-3(6)1(15(9,10)11)2(4(7)8)16(12,13)14;;/h1-2H,(H,5,6)(H,7,8)(H,9,10,11)(H,12,13,14);;/q;+1;-1. The van der Waals surface area contributed by atoms with Gasteiger partial charge in [-0.2, -0.15) is 16.8 Å². The van der Waals surface area contributed by atoms with Gasteiger partial charge in [0.2, 0.25) is 10.5 Å². The third kappa shape index (κ3) is 5.29. The molecule has 0 saturated heterocycles. The van der Waals surface area contributed by atoms with Gasteiger partial charge in [0, 0.05) is 0 Å². The predicted octanol–water partition coefficient (Wildman–Crippen LogP) is -5.22. The fourth-order valence-electron chi connectivity index (χ4n) is 0.826. The molecule has 0 aliphatic carbocycles. The van der Waals surface area contributed by atoms with Crippen molar-refractivity contribution in [2.45, 2.75) is 10.5 Å². The Kier molecular flexibility index (Phi) is 6.84. The van der Waals surface area contributed by atoms with E-state index in [9.17, 15) is 26.4 Å². The third-order valence-electron chi connectivity index (χ3n) is 1.40. The third-order valence-corrected chi connectivity index (χ3v) is 3.81. The van der Waals surface area contributed by atoms with Crippen molar-refractivity contribution in [3.05, 3.63) is 0 Å². The summed E-state index contributed by atoms with van der Waals surface area (Å²) in [5.74, 6) is -4.85. The minimum absolute atomic E-state index is 0. The van der Waals surface area contributed by atoms with E-state index in [1.165, 1.54) is 0 Å². The Morgan fingerprint density at radius 1 is 0.824 bits per heavy atom. The Hall–Kier alpha value is -0.240. The summed E-state index contributed by atoms with van der Waals surface area (Å²) in [7, 11) is -11.0. The Balaban J connectivity index is -0.00000112. The Labute approximate surface area is 119 Å². The van der Waals surface area contributed by atoms with E-state index in [1.807, 2.05) is 0 Å². The summed E-state index contributed by atoms with van der Waals surface area (Å²) in [5, 5.41) is 10.2. The molecule has 0 aromatic heterocycles. The smallest absolute Gasteiger partial charge is 1.00 e. The molecule has 2 unspecified atom stereocenters. The van der Waals surface area contributed by atoms with Crippen molar-refractivity contribution in [1.29, 1.82) is 0 Å². The molecule has 4 N–H and O–H groups in total. The van der Waals surface area contributed by atoms with Gasteiger partial charge in [0.05, 0.1) is 0 Å². The molecule has 0 rings (SSSR count). The quantitative estimate of drug-likeness (QED) is 0.282. The molecule has 13 heteroatoms. The second-order valence-corrected chi connectivity index (χ2v) is 5.62. The van der Waals surface area contributed by atoms with Crippen molar-refractivity contribution in [2.75, 3.05) is 0 Å². The first kappa shape index (κ1) is 19.1. The van der Waals surface area contributed by atoms with Crippen LogP contribution >= 0.6 is 0 Å². The monoisotopic (exact) mass is 302 g/mol. The number of hydrogen-bond acceptors (Lipinski definition) is 6. The van der Waals surface area contributed by atoms with Crippen LogP contribution in [0, 0.1) is 0 Å². The molecule has 0 aliphatic heterocycles. The maximum Gasteiger partial charge on any atom is 1.00 e. The van der Waals surface area contributed by atoms with Crippen LogP contribution in [0.1, 0.15) is 1.43 Å². The van der Waals surface area contributed by atoms with Crippen molar-refractivity contribution < 1.29 is 76.7 Å². The summed E-state index contributed by atoms with van der Waals surface area (Å²) in [5.41, 5.74) is 0. The van der Waals surface area contributed by atoms with Gasteiger partial charge >= 0.3 is 41.5 Å². The van der Waals surface area contributed by atoms with Crippen molar-refractivity contribution in [3.63, 3.8) is 0 Å². The normalized spacial score (nSPS) is 15.4. The van der Waals surface area contributed by atoms with E-state index in [0.29, 0.717) is 0 Å². The number of aliphatic carboxylic acids is 2.